The quantitative estimate of drug-likeness (QED) is 0.562. The van der Waals surface area contributed by atoms with E-state index in [0.717, 1.165) is 24.2 Å². The van der Waals surface area contributed by atoms with E-state index in [2.05, 4.69) is 15.3 Å². The average Bonchev–Trinajstić information content (AvgIpc) is 3.63. The molecule has 3 aliphatic rings. The maximum atomic E-state index is 13.6. The van der Waals surface area contributed by atoms with Crippen LogP contribution in [0.25, 0.3) is 11.0 Å². The third-order valence-corrected chi connectivity index (χ3v) is 7.38. The Morgan fingerprint density at radius 2 is 2.09 bits per heavy atom. The number of hydrogen-bond acceptors (Lipinski definition) is 5. The molecule has 1 aromatic heterocycles. The van der Waals surface area contributed by atoms with Gasteiger partial charge in [-0.3, -0.25) is 9.59 Å². The first kappa shape index (κ1) is 21.9. The second kappa shape index (κ2) is 8.55. The number of fused-ring (bicyclic) bond motifs is 2. The number of aromatic amines is 1. The van der Waals surface area contributed by atoms with E-state index in [0.29, 0.717) is 61.3 Å². The van der Waals surface area contributed by atoms with Crippen LogP contribution in [0.15, 0.2) is 36.4 Å². The van der Waals surface area contributed by atoms with Crippen molar-refractivity contribution < 1.29 is 23.5 Å². The lowest BCUT2D eigenvalue weighted by molar-refractivity contribution is -0.133. The Labute approximate surface area is 201 Å². The largest absolute Gasteiger partial charge is 0.454 e. The van der Waals surface area contributed by atoms with E-state index in [1.54, 1.807) is 6.07 Å². The van der Waals surface area contributed by atoms with E-state index in [1.807, 2.05) is 23.1 Å². The van der Waals surface area contributed by atoms with Crippen LogP contribution in [0.2, 0.25) is 0 Å². The van der Waals surface area contributed by atoms with Crippen molar-refractivity contribution in [2.45, 2.75) is 56.5 Å². The predicted molar refractivity (Wildman–Crippen MR) is 125 cm³/mol. The molecule has 9 heteroatoms. The van der Waals surface area contributed by atoms with E-state index in [-0.39, 0.29) is 30.5 Å². The van der Waals surface area contributed by atoms with Crippen molar-refractivity contribution in [3.8, 4) is 11.5 Å². The first-order valence-corrected chi connectivity index (χ1v) is 12.1. The van der Waals surface area contributed by atoms with Crippen LogP contribution < -0.4 is 14.8 Å². The maximum absolute atomic E-state index is 13.6. The normalized spacial score (nSPS) is 23.3. The first-order chi connectivity index (χ1) is 17.0. The molecule has 2 fully saturated rings. The number of halogens is 1. The number of likely N-dealkylation sites (tertiary alicyclic amines) is 1. The molecule has 182 valence electrons. The van der Waals surface area contributed by atoms with Gasteiger partial charge in [0.1, 0.15) is 11.6 Å². The minimum atomic E-state index is -0.466. The molecule has 6 rings (SSSR count). The summed E-state index contributed by atoms with van der Waals surface area (Å²) in [6.45, 7) is 0.878. The zero-order valence-corrected chi connectivity index (χ0v) is 19.3. The molecule has 4 heterocycles. The summed E-state index contributed by atoms with van der Waals surface area (Å²) in [7, 11) is 0. The molecule has 0 bridgehead atoms. The summed E-state index contributed by atoms with van der Waals surface area (Å²) in [5.74, 6) is 1.88. The van der Waals surface area contributed by atoms with Crippen molar-refractivity contribution in [3.05, 3.63) is 53.6 Å². The summed E-state index contributed by atoms with van der Waals surface area (Å²) in [6, 6.07) is 10.1. The number of H-pyrrole nitrogens is 1. The molecular formula is C26H27FN4O4. The van der Waals surface area contributed by atoms with Crippen LogP contribution in [0.4, 0.5) is 4.39 Å². The Bertz CT molecular complexity index is 1310. The highest BCUT2D eigenvalue weighted by Crippen LogP contribution is 2.37. The summed E-state index contributed by atoms with van der Waals surface area (Å²) in [4.78, 5) is 35.2. The Balaban J connectivity index is 1.17. The van der Waals surface area contributed by atoms with Gasteiger partial charge in [0.15, 0.2) is 11.5 Å². The number of carbonyl (C=O) groups is 2. The Morgan fingerprint density at radius 3 is 2.94 bits per heavy atom. The lowest BCUT2D eigenvalue weighted by Crippen LogP contribution is -2.45. The fourth-order valence-electron chi connectivity index (χ4n) is 5.62. The van der Waals surface area contributed by atoms with E-state index in [4.69, 9.17) is 9.47 Å². The molecule has 0 saturated carbocycles. The van der Waals surface area contributed by atoms with Gasteiger partial charge >= 0.3 is 0 Å². The number of nitrogens with one attached hydrogen (secondary N) is 2. The van der Waals surface area contributed by atoms with Gasteiger partial charge in [0.2, 0.25) is 18.6 Å². The van der Waals surface area contributed by atoms with Gasteiger partial charge in [0, 0.05) is 24.9 Å². The highest BCUT2D eigenvalue weighted by Gasteiger charge is 2.40. The number of carbonyl (C=O) groups excluding carboxylic acids is 2. The fraction of sp³-hybridized carbons (Fsp3) is 0.423. The van der Waals surface area contributed by atoms with Crippen LogP contribution in [0.3, 0.4) is 0 Å². The van der Waals surface area contributed by atoms with Crippen LogP contribution in [0, 0.1) is 5.82 Å². The average molecular weight is 479 g/mol. The lowest BCUT2D eigenvalue weighted by atomic mass is 9.84. The minimum Gasteiger partial charge on any atom is -0.454 e. The molecule has 8 nitrogen and oxygen atoms in total. The van der Waals surface area contributed by atoms with Crippen molar-refractivity contribution in [2.24, 2.45) is 0 Å². The molecule has 2 N–H and O–H groups in total. The third kappa shape index (κ3) is 4.19. The minimum absolute atomic E-state index is 0.0201. The second-order valence-corrected chi connectivity index (χ2v) is 9.72. The Hall–Kier alpha value is -3.62. The van der Waals surface area contributed by atoms with Crippen molar-refractivity contribution in [1.82, 2.24) is 20.2 Å². The van der Waals surface area contributed by atoms with Gasteiger partial charge in [0.25, 0.3) is 0 Å². The standard InChI is InChI=1S/C26H27FN4O4/c27-17-4-5-18-19(13-17)29-25(28-18)20-2-1-11-31(20)24(33)8-10-26(9-7-23(32)30-26)14-16-3-6-21-22(12-16)35-15-34-21/h3-6,12-13,20H,1-2,7-11,14-15H2,(H,28,29)(H,30,32)/t20-,26+/m0/s1. The number of hydrogen-bond donors (Lipinski definition) is 2. The van der Waals surface area contributed by atoms with Crippen LogP contribution in [0.1, 0.15) is 56.0 Å². The zero-order valence-electron chi connectivity index (χ0n) is 19.3. The summed E-state index contributed by atoms with van der Waals surface area (Å²) in [6.07, 6.45) is 4.36. The zero-order chi connectivity index (χ0) is 24.0. The summed E-state index contributed by atoms with van der Waals surface area (Å²) in [5, 5.41) is 3.16. The van der Waals surface area contributed by atoms with Crippen molar-refractivity contribution in [1.29, 1.82) is 0 Å². The molecule has 2 atom stereocenters. The number of imidazole rings is 1. The Kier molecular flexibility index (Phi) is 5.35. The molecule has 2 amide bonds. The number of nitrogens with zero attached hydrogens (tertiary/aromatic N) is 2. The van der Waals surface area contributed by atoms with Crippen molar-refractivity contribution in [3.63, 3.8) is 0 Å². The maximum Gasteiger partial charge on any atom is 0.231 e. The van der Waals surface area contributed by atoms with Crippen LogP contribution in [0.5, 0.6) is 11.5 Å². The fourth-order valence-corrected chi connectivity index (χ4v) is 5.62. The van der Waals surface area contributed by atoms with E-state index in [1.165, 1.54) is 12.1 Å². The molecule has 0 radical (unpaired) electrons. The third-order valence-electron chi connectivity index (χ3n) is 7.38. The van der Waals surface area contributed by atoms with Gasteiger partial charge in [-0.2, -0.15) is 0 Å². The van der Waals surface area contributed by atoms with E-state index < -0.39 is 5.54 Å². The molecule has 3 aromatic rings. The number of benzene rings is 2. The van der Waals surface area contributed by atoms with Gasteiger partial charge in [0.05, 0.1) is 17.1 Å². The molecule has 0 aliphatic carbocycles. The Morgan fingerprint density at radius 1 is 1.20 bits per heavy atom. The van der Waals surface area contributed by atoms with Gasteiger partial charge in [-0.05, 0) is 68.0 Å². The van der Waals surface area contributed by atoms with Gasteiger partial charge in [-0.25, -0.2) is 9.37 Å². The smallest absolute Gasteiger partial charge is 0.231 e. The number of rotatable bonds is 6. The second-order valence-electron chi connectivity index (χ2n) is 9.72. The summed E-state index contributed by atoms with van der Waals surface area (Å²) < 4.78 is 24.5. The van der Waals surface area contributed by atoms with E-state index >= 15 is 0 Å². The van der Waals surface area contributed by atoms with Crippen LogP contribution >= 0.6 is 0 Å². The topological polar surface area (TPSA) is 96.6 Å². The van der Waals surface area contributed by atoms with Crippen molar-refractivity contribution in [2.75, 3.05) is 13.3 Å². The summed E-state index contributed by atoms with van der Waals surface area (Å²) >= 11 is 0. The molecule has 0 unspecified atom stereocenters. The number of aromatic nitrogens is 2. The predicted octanol–water partition coefficient (Wildman–Crippen LogP) is 3.77. The highest BCUT2D eigenvalue weighted by atomic mass is 19.1. The first-order valence-electron chi connectivity index (χ1n) is 12.1. The highest BCUT2D eigenvalue weighted by molar-refractivity contribution is 5.81. The van der Waals surface area contributed by atoms with Gasteiger partial charge in [-0.1, -0.05) is 6.07 Å². The van der Waals surface area contributed by atoms with Crippen LogP contribution in [-0.4, -0.2) is 45.6 Å². The monoisotopic (exact) mass is 478 g/mol. The number of ether oxygens (including phenoxy) is 2. The molecule has 2 saturated heterocycles. The SMILES string of the molecule is O=C1CC[C@@](CCC(=O)N2CCC[C@H]2c2nc3ccc(F)cc3[nH]2)(Cc2ccc3c(c2)OCO3)N1. The molecule has 35 heavy (non-hydrogen) atoms. The lowest BCUT2D eigenvalue weighted by Gasteiger charge is -2.31. The molecule has 0 spiro atoms. The molecule has 2 aromatic carbocycles. The van der Waals surface area contributed by atoms with Crippen molar-refractivity contribution >= 4 is 22.8 Å². The molecule has 3 aliphatic heterocycles. The van der Waals surface area contributed by atoms with Crippen LogP contribution in [-0.2, 0) is 16.0 Å². The summed E-state index contributed by atoms with van der Waals surface area (Å²) in [5.41, 5.74) is 1.90. The van der Waals surface area contributed by atoms with Gasteiger partial charge in [-0.15, -0.1) is 0 Å². The van der Waals surface area contributed by atoms with E-state index in [9.17, 15) is 14.0 Å². The molecular weight excluding hydrogens is 451 g/mol. The van der Waals surface area contributed by atoms with Gasteiger partial charge < -0.3 is 24.7 Å². The number of amides is 2.